The first-order valence-electron chi connectivity index (χ1n) is 5.89. The van der Waals surface area contributed by atoms with E-state index in [-0.39, 0.29) is 24.7 Å². The largest absolute Gasteiger partial charge is 0.394 e. The molecule has 1 rings (SSSR count). The van der Waals surface area contributed by atoms with E-state index in [1.54, 1.807) is 0 Å². The Bertz CT molecular complexity index is 223. The lowest BCUT2D eigenvalue weighted by molar-refractivity contribution is -0.125. The van der Waals surface area contributed by atoms with Crippen molar-refractivity contribution in [2.75, 3.05) is 32.8 Å². The van der Waals surface area contributed by atoms with Gasteiger partial charge in [0.2, 0.25) is 5.91 Å². The van der Waals surface area contributed by atoms with Crippen molar-refractivity contribution in [2.24, 2.45) is 0 Å². The summed E-state index contributed by atoms with van der Waals surface area (Å²) in [5, 5.41) is 11.9. The number of aliphatic hydroxyl groups excluding tert-OH is 1. The zero-order chi connectivity index (χ0) is 12.0. The molecule has 1 saturated heterocycles. The highest BCUT2D eigenvalue weighted by Crippen LogP contribution is 2.04. The van der Waals surface area contributed by atoms with E-state index >= 15 is 0 Å². The second kappa shape index (κ2) is 6.83. The average molecular weight is 230 g/mol. The van der Waals surface area contributed by atoms with Crippen LogP contribution >= 0.6 is 0 Å². The predicted octanol–water partition coefficient (Wildman–Crippen LogP) is -0.406. The summed E-state index contributed by atoms with van der Waals surface area (Å²) in [4.78, 5) is 13.6. The summed E-state index contributed by atoms with van der Waals surface area (Å²) in [5.41, 5.74) is 0. The second-order valence-electron chi connectivity index (χ2n) is 4.29. The van der Waals surface area contributed by atoms with Crippen LogP contribution in [0.25, 0.3) is 0 Å². The standard InChI is InChI=1S/C11H22N2O3/c1-3-9(2)12-11(15)7-13-4-5-16-10(6-13)8-14/h9-10,14H,3-8H2,1-2H3,(H,12,15). The molecule has 1 aliphatic heterocycles. The third-order valence-corrected chi connectivity index (χ3v) is 2.81. The first kappa shape index (κ1) is 13.4. The highest BCUT2D eigenvalue weighted by Gasteiger charge is 2.21. The van der Waals surface area contributed by atoms with Crippen LogP contribution in [0.4, 0.5) is 0 Å². The van der Waals surface area contributed by atoms with Crippen molar-refractivity contribution >= 4 is 5.91 Å². The number of aliphatic hydroxyl groups is 1. The van der Waals surface area contributed by atoms with E-state index in [0.717, 1.165) is 13.0 Å². The highest BCUT2D eigenvalue weighted by molar-refractivity contribution is 5.78. The monoisotopic (exact) mass is 230 g/mol. The molecule has 0 bridgehead atoms. The van der Waals surface area contributed by atoms with Gasteiger partial charge in [0, 0.05) is 19.1 Å². The summed E-state index contributed by atoms with van der Waals surface area (Å²) in [5.74, 6) is 0.0490. The maximum absolute atomic E-state index is 11.6. The van der Waals surface area contributed by atoms with Crippen LogP contribution in [-0.4, -0.2) is 60.9 Å². The normalized spacial score (nSPS) is 24.1. The van der Waals surface area contributed by atoms with Crippen molar-refractivity contribution in [1.29, 1.82) is 0 Å². The summed E-state index contributed by atoms with van der Waals surface area (Å²) >= 11 is 0. The number of ether oxygens (including phenoxy) is 1. The molecular formula is C11H22N2O3. The molecule has 1 heterocycles. The van der Waals surface area contributed by atoms with Gasteiger partial charge in [-0.3, -0.25) is 9.69 Å². The number of carbonyl (C=O) groups is 1. The van der Waals surface area contributed by atoms with Gasteiger partial charge in [-0.2, -0.15) is 0 Å². The second-order valence-corrected chi connectivity index (χ2v) is 4.29. The van der Waals surface area contributed by atoms with Crippen molar-refractivity contribution in [1.82, 2.24) is 10.2 Å². The van der Waals surface area contributed by atoms with E-state index in [9.17, 15) is 4.79 Å². The Morgan fingerprint density at radius 1 is 1.69 bits per heavy atom. The van der Waals surface area contributed by atoms with Gasteiger partial charge in [-0.15, -0.1) is 0 Å². The van der Waals surface area contributed by atoms with Crippen molar-refractivity contribution in [3.63, 3.8) is 0 Å². The number of nitrogens with zero attached hydrogens (tertiary/aromatic N) is 1. The molecule has 0 aromatic rings. The van der Waals surface area contributed by atoms with Crippen molar-refractivity contribution in [3.05, 3.63) is 0 Å². The zero-order valence-electron chi connectivity index (χ0n) is 10.1. The molecule has 5 heteroatoms. The Kier molecular flexibility index (Phi) is 5.73. The molecule has 2 atom stereocenters. The molecule has 94 valence electrons. The van der Waals surface area contributed by atoms with E-state index in [2.05, 4.69) is 5.32 Å². The topological polar surface area (TPSA) is 61.8 Å². The molecule has 16 heavy (non-hydrogen) atoms. The summed E-state index contributed by atoms with van der Waals surface area (Å²) in [6, 6.07) is 0.224. The van der Waals surface area contributed by atoms with Crippen LogP contribution in [0, 0.1) is 0 Å². The fourth-order valence-corrected chi connectivity index (χ4v) is 1.66. The SMILES string of the molecule is CCC(C)NC(=O)CN1CCOC(CO)C1. The molecule has 2 N–H and O–H groups in total. The lowest BCUT2D eigenvalue weighted by Gasteiger charge is -2.31. The number of hydrogen-bond acceptors (Lipinski definition) is 4. The van der Waals surface area contributed by atoms with Crippen LogP contribution in [-0.2, 0) is 9.53 Å². The van der Waals surface area contributed by atoms with Gasteiger partial charge >= 0.3 is 0 Å². The van der Waals surface area contributed by atoms with Crippen LogP contribution in [0.3, 0.4) is 0 Å². The minimum Gasteiger partial charge on any atom is -0.394 e. The summed E-state index contributed by atoms with van der Waals surface area (Å²) in [7, 11) is 0. The van der Waals surface area contributed by atoms with Crippen LogP contribution in [0.15, 0.2) is 0 Å². The maximum Gasteiger partial charge on any atom is 0.234 e. The van der Waals surface area contributed by atoms with E-state index in [4.69, 9.17) is 9.84 Å². The van der Waals surface area contributed by atoms with Crippen LogP contribution in [0.5, 0.6) is 0 Å². The Balaban J connectivity index is 2.27. The third kappa shape index (κ3) is 4.47. The van der Waals surface area contributed by atoms with Gasteiger partial charge in [-0.05, 0) is 13.3 Å². The lowest BCUT2D eigenvalue weighted by Crippen LogP contribution is -2.48. The van der Waals surface area contributed by atoms with Gasteiger partial charge in [0.05, 0.1) is 25.9 Å². The molecule has 0 aromatic heterocycles. The molecule has 0 radical (unpaired) electrons. The average Bonchev–Trinajstić information content (AvgIpc) is 2.28. The zero-order valence-corrected chi connectivity index (χ0v) is 10.1. The van der Waals surface area contributed by atoms with E-state index in [1.807, 2.05) is 18.7 Å². The first-order chi connectivity index (χ1) is 7.65. The van der Waals surface area contributed by atoms with E-state index in [1.165, 1.54) is 0 Å². The van der Waals surface area contributed by atoms with Crippen LogP contribution in [0.2, 0.25) is 0 Å². The van der Waals surface area contributed by atoms with Crippen LogP contribution in [0.1, 0.15) is 20.3 Å². The van der Waals surface area contributed by atoms with E-state index in [0.29, 0.717) is 19.7 Å². The van der Waals surface area contributed by atoms with E-state index < -0.39 is 0 Å². The number of carbonyl (C=O) groups excluding carboxylic acids is 1. The summed E-state index contributed by atoms with van der Waals surface area (Å²) < 4.78 is 5.32. The quantitative estimate of drug-likeness (QED) is 0.674. The highest BCUT2D eigenvalue weighted by atomic mass is 16.5. The number of morpholine rings is 1. The van der Waals surface area contributed by atoms with Gasteiger partial charge in [-0.1, -0.05) is 6.92 Å². The Hall–Kier alpha value is -0.650. The molecule has 1 amide bonds. The lowest BCUT2D eigenvalue weighted by atomic mass is 10.2. The minimum atomic E-state index is -0.148. The summed E-state index contributed by atoms with van der Waals surface area (Å²) in [6.45, 7) is 6.42. The predicted molar refractivity (Wildman–Crippen MR) is 61.2 cm³/mol. The molecule has 0 aliphatic carbocycles. The molecule has 1 fully saturated rings. The van der Waals surface area contributed by atoms with Crippen molar-refractivity contribution in [3.8, 4) is 0 Å². The number of nitrogens with one attached hydrogen (secondary N) is 1. The molecule has 1 aliphatic rings. The molecule has 0 saturated carbocycles. The number of amides is 1. The fourth-order valence-electron chi connectivity index (χ4n) is 1.66. The maximum atomic E-state index is 11.6. The molecule has 2 unspecified atom stereocenters. The molecule has 0 aromatic carbocycles. The summed E-state index contributed by atoms with van der Waals surface area (Å²) in [6.07, 6.45) is 0.791. The Morgan fingerprint density at radius 3 is 3.06 bits per heavy atom. The first-order valence-corrected chi connectivity index (χ1v) is 5.89. The minimum absolute atomic E-state index is 0.0173. The van der Waals surface area contributed by atoms with Gasteiger partial charge in [-0.25, -0.2) is 0 Å². The molecular weight excluding hydrogens is 208 g/mol. The van der Waals surface area contributed by atoms with Gasteiger partial charge in [0.1, 0.15) is 0 Å². The van der Waals surface area contributed by atoms with Crippen LogP contribution < -0.4 is 5.32 Å². The smallest absolute Gasteiger partial charge is 0.234 e. The number of rotatable bonds is 5. The van der Waals surface area contributed by atoms with Gasteiger partial charge in [0.25, 0.3) is 0 Å². The van der Waals surface area contributed by atoms with Crippen molar-refractivity contribution < 1.29 is 14.6 Å². The fraction of sp³-hybridized carbons (Fsp3) is 0.909. The van der Waals surface area contributed by atoms with Gasteiger partial charge in [0.15, 0.2) is 0 Å². The molecule has 5 nitrogen and oxygen atoms in total. The molecule has 0 spiro atoms. The number of hydrogen-bond donors (Lipinski definition) is 2. The Morgan fingerprint density at radius 2 is 2.44 bits per heavy atom. The van der Waals surface area contributed by atoms with Gasteiger partial charge < -0.3 is 15.2 Å². The van der Waals surface area contributed by atoms with Crippen molar-refractivity contribution in [2.45, 2.75) is 32.4 Å². The Labute approximate surface area is 96.8 Å². The third-order valence-electron chi connectivity index (χ3n) is 2.81.